The third-order valence-corrected chi connectivity index (χ3v) is 9.49. The second-order valence-corrected chi connectivity index (χ2v) is 13.8. The van der Waals surface area contributed by atoms with Crippen molar-refractivity contribution in [2.24, 2.45) is 0 Å². The molecule has 0 aromatic rings. The van der Waals surface area contributed by atoms with Gasteiger partial charge in [-0.3, -0.25) is 14.1 Å². The second-order valence-electron chi connectivity index (χ2n) is 9.91. The van der Waals surface area contributed by atoms with Crippen molar-refractivity contribution in [3.63, 3.8) is 0 Å². The molecule has 1 rings (SSSR count). The third kappa shape index (κ3) is 14.1. The lowest BCUT2D eigenvalue weighted by Gasteiger charge is -2.41. The van der Waals surface area contributed by atoms with Gasteiger partial charge in [-0.1, -0.05) is 65.2 Å². The van der Waals surface area contributed by atoms with Crippen molar-refractivity contribution in [1.29, 1.82) is 0 Å². The molecule has 0 aromatic heterocycles. The zero-order chi connectivity index (χ0) is 29.4. The largest absolute Gasteiger partial charge is 0.462 e. The molecule has 0 spiro atoms. The minimum atomic E-state index is -4.65. The first-order valence-corrected chi connectivity index (χ1v) is 17.0. The summed E-state index contributed by atoms with van der Waals surface area (Å²) in [6, 6.07) is 0. The van der Waals surface area contributed by atoms with Gasteiger partial charge in [-0.05, 0) is 24.2 Å². The topological polar surface area (TPSA) is 200 Å². The van der Waals surface area contributed by atoms with E-state index >= 15 is 0 Å². The molecule has 1 fully saturated rings. The van der Waals surface area contributed by atoms with Crippen LogP contribution in [0.5, 0.6) is 0 Å². The van der Waals surface area contributed by atoms with E-state index in [1.54, 1.807) is 0 Å². The van der Waals surface area contributed by atoms with Crippen LogP contribution in [0.3, 0.4) is 0 Å². The number of aliphatic hydroxyl groups excluding tert-OH is 5. The highest BCUT2D eigenvalue weighted by Gasteiger charge is 2.51. The monoisotopic (exact) mass is 602 g/mol. The van der Waals surface area contributed by atoms with Gasteiger partial charge in [0.2, 0.25) is 0 Å². The maximum Gasteiger partial charge on any atom is 0.387 e. The van der Waals surface area contributed by atoms with Gasteiger partial charge < -0.3 is 39.9 Å². The number of rotatable bonds is 20. The maximum atomic E-state index is 12.7. The first kappa shape index (κ1) is 36.3. The molecule has 14 heteroatoms. The second kappa shape index (κ2) is 19.4. The van der Waals surface area contributed by atoms with Crippen molar-refractivity contribution in [3.8, 4) is 0 Å². The average Bonchev–Trinajstić information content (AvgIpc) is 2.90. The van der Waals surface area contributed by atoms with Crippen LogP contribution in [0.25, 0.3) is 0 Å². The van der Waals surface area contributed by atoms with Crippen LogP contribution in [0.15, 0.2) is 0 Å². The Bertz CT molecular complexity index is 741. The van der Waals surface area contributed by atoms with Crippen LogP contribution >= 0.6 is 18.2 Å². The summed E-state index contributed by atoms with van der Waals surface area (Å²) >= 11 is 0.316. The molecule has 0 bridgehead atoms. The number of ether oxygens (including phenoxy) is 2. The molecule has 230 valence electrons. The van der Waals surface area contributed by atoms with E-state index in [1.807, 2.05) is 0 Å². The van der Waals surface area contributed by atoms with Crippen LogP contribution in [-0.2, 0) is 28.2 Å². The Morgan fingerprint density at radius 3 is 1.72 bits per heavy atom. The van der Waals surface area contributed by atoms with E-state index in [2.05, 4.69) is 13.8 Å². The van der Waals surface area contributed by atoms with E-state index in [9.17, 15) is 44.6 Å². The van der Waals surface area contributed by atoms with Gasteiger partial charge in [0.15, 0.2) is 0 Å². The molecule has 0 aromatic carbocycles. The number of carbonyl (C=O) groups excluding carboxylic acids is 2. The Morgan fingerprint density at radius 1 is 0.744 bits per heavy atom. The van der Waals surface area contributed by atoms with Crippen LogP contribution < -0.4 is 0 Å². The minimum absolute atomic E-state index is 0.141. The lowest BCUT2D eigenvalue weighted by molar-refractivity contribution is -0.217. The fourth-order valence-corrected chi connectivity index (χ4v) is 6.73. The molecular weight excluding hydrogens is 555 g/mol. The molecule has 6 N–H and O–H groups in total. The Kier molecular flexibility index (Phi) is 18.0. The Hall–Kier alpha value is -0.760. The van der Waals surface area contributed by atoms with Gasteiger partial charge >= 0.3 is 18.7 Å². The summed E-state index contributed by atoms with van der Waals surface area (Å²) in [4.78, 5) is 34.8. The van der Waals surface area contributed by atoms with Crippen molar-refractivity contribution in [2.75, 3.05) is 12.4 Å². The van der Waals surface area contributed by atoms with E-state index in [4.69, 9.17) is 14.0 Å². The third-order valence-electron chi connectivity index (χ3n) is 6.45. The summed E-state index contributed by atoms with van der Waals surface area (Å²) in [5, 5.41) is 49.5. The number of esters is 2. The van der Waals surface area contributed by atoms with Crippen molar-refractivity contribution >= 4 is 30.1 Å². The molecule has 0 amide bonds. The summed E-state index contributed by atoms with van der Waals surface area (Å²) in [6.45, 7) is -0.819. The normalized spacial score (nSPS) is 27.5. The molecule has 4 unspecified atom stereocenters. The van der Waals surface area contributed by atoms with Crippen LogP contribution in [0.2, 0.25) is 0 Å². The molecule has 8 atom stereocenters. The van der Waals surface area contributed by atoms with Crippen LogP contribution in [-0.4, -0.2) is 97.5 Å². The van der Waals surface area contributed by atoms with Crippen molar-refractivity contribution in [3.05, 3.63) is 0 Å². The Labute approximate surface area is 234 Å². The molecule has 0 aliphatic heterocycles. The standard InChI is InChI=1S/C25H47O12PS/c1-3-5-7-9-11-13-18(26)35-15-17(36-19(27)14-12-10-8-6-4-2)16-39-38(33,34)37-25-23(31)21(29)20(28)22(30)24(25)32/h17,20-25,28-32H,3-16H2,1-2H3,(H,33,34)/t17?,20?,21-,22+,23-,24-,25?/m1/s1. The molecule has 12 nitrogen and oxygen atoms in total. The highest BCUT2D eigenvalue weighted by atomic mass is 32.7. The van der Waals surface area contributed by atoms with Crippen LogP contribution in [0.4, 0.5) is 0 Å². The van der Waals surface area contributed by atoms with E-state index in [1.165, 1.54) is 0 Å². The highest BCUT2D eigenvalue weighted by molar-refractivity contribution is 8.54. The fraction of sp³-hybridized carbons (Fsp3) is 0.920. The lowest BCUT2D eigenvalue weighted by Crippen LogP contribution is -2.64. The summed E-state index contributed by atoms with van der Waals surface area (Å²) in [5.74, 6) is -1.33. The molecule has 1 aliphatic carbocycles. The Morgan fingerprint density at radius 2 is 1.21 bits per heavy atom. The maximum absolute atomic E-state index is 12.7. The smallest absolute Gasteiger partial charge is 0.387 e. The average molecular weight is 603 g/mol. The molecule has 0 radical (unpaired) electrons. The van der Waals surface area contributed by atoms with Crippen LogP contribution in [0.1, 0.15) is 90.9 Å². The van der Waals surface area contributed by atoms with Crippen LogP contribution in [0, 0.1) is 0 Å². The lowest BCUT2D eigenvalue weighted by atomic mass is 9.85. The number of carbonyl (C=O) groups is 2. The van der Waals surface area contributed by atoms with Crippen molar-refractivity contribution in [2.45, 2.75) is 134 Å². The highest BCUT2D eigenvalue weighted by Crippen LogP contribution is 2.58. The first-order valence-electron chi connectivity index (χ1n) is 13.8. The summed E-state index contributed by atoms with van der Waals surface area (Å²) in [7, 11) is 0. The number of hydrogen-bond donors (Lipinski definition) is 6. The quantitative estimate of drug-likeness (QED) is 0.0674. The Balaban J connectivity index is 2.70. The minimum Gasteiger partial charge on any atom is -0.462 e. The van der Waals surface area contributed by atoms with E-state index < -0.39 is 61.5 Å². The molecule has 0 saturated heterocycles. The van der Waals surface area contributed by atoms with Gasteiger partial charge in [-0.25, -0.2) is 4.57 Å². The molecule has 0 heterocycles. The number of aliphatic hydroxyl groups is 5. The van der Waals surface area contributed by atoms with Crippen molar-refractivity contribution in [1.82, 2.24) is 0 Å². The molecule has 39 heavy (non-hydrogen) atoms. The van der Waals surface area contributed by atoms with Gasteiger partial charge in [-0.15, -0.1) is 0 Å². The van der Waals surface area contributed by atoms with Crippen molar-refractivity contribution < 1.29 is 58.6 Å². The predicted molar refractivity (Wildman–Crippen MR) is 145 cm³/mol. The number of unbranched alkanes of at least 4 members (excludes halogenated alkanes) is 8. The van der Waals surface area contributed by atoms with E-state index in [0.29, 0.717) is 24.2 Å². The van der Waals surface area contributed by atoms with Gasteiger partial charge in [0.1, 0.15) is 49.3 Å². The molecule has 1 saturated carbocycles. The van der Waals surface area contributed by atoms with Gasteiger partial charge in [0.05, 0.1) is 0 Å². The van der Waals surface area contributed by atoms with Gasteiger partial charge in [0.25, 0.3) is 0 Å². The number of hydrogen-bond acceptors (Lipinski definition) is 12. The van der Waals surface area contributed by atoms with Gasteiger partial charge in [-0.2, -0.15) is 0 Å². The van der Waals surface area contributed by atoms with E-state index in [-0.39, 0.29) is 25.2 Å². The summed E-state index contributed by atoms with van der Waals surface area (Å²) < 4.78 is 28.3. The zero-order valence-electron chi connectivity index (χ0n) is 22.9. The first-order chi connectivity index (χ1) is 18.4. The predicted octanol–water partition coefficient (Wildman–Crippen LogP) is 2.20. The fourth-order valence-electron chi connectivity index (χ4n) is 4.05. The summed E-state index contributed by atoms with van der Waals surface area (Å²) in [6.07, 6.45) is -2.95. The molecule has 1 aliphatic rings. The van der Waals surface area contributed by atoms with Gasteiger partial charge in [0, 0.05) is 18.6 Å². The SMILES string of the molecule is CCCCCCCC(=O)OCC(CSP(=O)(O)OC1[C@H](O)[C@H](O)C(O)[C@H](O)[C@H]1O)OC(=O)CCCCCCC. The summed E-state index contributed by atoms with van der Waals surface area (Å²) in [5.41, 5.74) is 0. The molecular formula is C25H47O12PS. The zero-order valence-corrected chi connectivity index (χ0v) is 24.6. The van der Waals surface area contributed by atoms with E-state index in [0.717, 1.165) is 51.4 Å².